The Hall–Kier alpha value is -0.510. The largest absolute Gasteiger partial charge is 0.198 e. The molecule has 3 unspecified atom stereocenters. The first kappa shape index (κ1) is 12.9. The molecule has 1 nitrogen and oxygen atoms in total. The third kappa shape index (κ3) is 2.84. The molecule has 0 spiro atoms. The summed E-state index contributed by atoms with van der Waals surface area (Å²) in [5.41, 5.74) is 0.105. The van der Waals surface area contributed by atoms with Crippen LogP contribution in [-0.4, -0.2) is 0 Å². The summed E-state index contributed by atoms with van der Waals surface area (Å²) in [6, 6.07) is 2.71. The van der Waals surface area contributed by atoms with Gasteiger partial charge in [0.2, 0.25) is 0 Å². The molecule has 0 amide bonds. The Morgan fingerprint density at radius 2 is 1.88 bits per heavy atom. The fourth-order valence-corrected chi connectivity index (χ4v) is 4.16. The molecular weight excluding hydrogens is 206 g/mol. The molecule has 0 N–H and O–H groups in total. The van der Waals surface area contributed by atoms with Crippen molar-refractivity contribution >= 4 is 0 Å². The Kier molecular flexibility index (Phi) is 4.48. The number of hydrogen-bond donors (Lipinski definition) is 0. The molecule has 2 saturated carbocycles. The van der Waals surface area contributed by atoms with E-state index in [0.29, 0.717) is 0 Å². The summed E-state index contributed by atoms with van der Waals surface area (Å²) < 4.78 is 0. The highest BCUT2D eigenvalue weighted by Crippen LogP contribution is 2.57. The van der Waals surface area contributed by atoms with Crippen molar-refractivity contribution in [1.82, 2.24) is 0 Å². The Morgan fingerprint density at radius 1 is 1.12 bits per heavy atom. The van der Waals surface area contributed by atoms with Crippen molar-refractivity contribution in [3.05, 3.63) is 0 Å². The standard InChI is InChI=1S/C16H27N/c1-2-3-4-5-6-7-10-16(13-17)12-14-8-9-15(16)11-14/h14-15H,2-12H2,1H3. The van der Waals surface area contributed by atoms with Gasteiger partial charge >= 0.3 is 0 Å². The molecule has 0 aliphatic heterocycles. The summed E-state index contributed by atoms with van der Waals surface area (Å²) in [5, 5.41) is 9.53. The Morgan fingerprint density at radius 3 is 2.47 bits per heavy atom. The van der Waals surface area contributed by atoms with Gasteiger partial charge in [-0.1, -0.05) is 51.9 Å². The zero-order valence-electron chi connectivity index (χ0n) is 11.4. The van der Waals surface area contributed by atoms with Crippen molar-refractivity contribution in [2.24, 2.45) is 17.3 Å². The molecule has 0 aromatic rings. The molecular formula is C16H27N. The van der Waals surface area contributed by atoms with Crippen LogP contribution in [0.15, 0.2) is 0 Å². The van der Waals surface area contributed by atoms with E-state index in [1.807, 2.05) is 0 Å². The smallest absolute Gasteiger partial charge is 0.0692 e. The third-order valence-corrected chi connectivity index (χ3v) is 5.17. The van der Waals surface area contributed by atoms with E-state index in [2.05, 4.69) is 13.0 Å². The van der Waals surface area contributed by atoms with Crippen molar-refractivity contribution in [2.75, 3.05) is 0 Å². The van der Waals surface area contributed by atoms with Crippen LogP contribution < -0.4 is 0 Å². The first-order valence-corrected chi connectivity index (χ1v) is 7.72. The highest BCUT2D eigenvalue weighted by atomic mass is 14.5. The van der Waals surface area contributed by atoms with Crippen LogP contribution in [0, 0.1) is 28.6 Å². The maximum atomic E-state index is 9.53. The van der Waals surface area contributed by atoms with Crippen molar-refractivity contribution in [2.45, 2.75) is 77.6 Å². The SMILES string of the molecule is CCCCCCCCC1(C#N)CC2CCC1C2. The van der Waals surface area contributed by atoms with E-state index in [4.69, 9.17) is 0 Å². The van der Waals surface area contributed by atoms with Crippen LogP contribution in [0.4, 0.5) is 0 Å². The zero-order chi connectivity index (χ0) is 12.1. The molecule has 2 fully saturated rings. The molecule has 1 heteroatoms. The van der Waals surface area contributed by atoms with Gasteiger partial charge in [0.05, 0.1) is 11.5 Å². The highest BCUT2D eigenvalue weighted by molar-refractivity contribution is 5.11. The lowest BCUT2D eigenvalue weighted by molar-refractivity contribution is 0.216. The molecule has 2 bridgehead atoms. The Labute approximate surface area is 107 Å². The second-order valence-electron chi connectivity index (χ2n) is 6.37. The van der Waals surface area contributed by atoms with Crippen molar-refractivity contribution in [3.8, 4) is 6.07 Å². The predicted molar refractivity (Wildman–Crippen MR) is 71.5 cm³/mol. The van der Waals surface area contributed by atoms with Gasteiger partial charge in [0, 0.05) is 0 Å². The first-order valence-electron chi connectivity index (χ1n) is 7.72. The molecule has 3 atom stereocenters. The maximum Gasteiger partial charge on any atom is 0.0692 e. The topological polar surface area (TPSA) is 23.8 Å². The summed E-state index contributed by atoms with van der Waals surface area (Å²) in [6.45, 7) is 2.26. The van der Waals surface area contributed by atoms with Crippen LogP contribution in [0.5, 0.6) is 0 Å². The number of hydrogen-bond acceptors (Lipinski definition) is 1. The predicted octanol–water partition coefficient (Wildman–Crippen LogP) is 5.07. The third-order valence-electron chi connectivity index (χ3n) is 5.17. The van der Waals surface area contributed by atoms with Gasteiger partial charge in [-0.25, -0.2) is 0 Å². The fraction of sp³-hybridized carbons (Fsp3) is 0.938. The minimum absolute atomic E-state index is 0.105. The van der Waals surface area contributed by atoms with Crippen LogP contribution in [0.1, 0.15) is 77.6 Å². The lowest BCUT2D eigenvalue weighted by Gasteiger charge is -2.31. The van der Waals surface area contributed by atoms with Gasteiger partial charge in [0.15, 0.2) is 0 Å². The number of unbranched alkanes of at least 4 members (excludes halogenated alkanes) is 5. The minimum atomic E-state index is 0.105. The van der Waals surface area contributed by atoms with Crippen molar-refractivity contribution in [1.29, 1.82) is 5.26 Å². The van der Waals surface area contributed by atoms with Crippen molar-refractivity contribution in [3.63, 3.8) is 0 Å². The molecule has 17 heavy (non-hydrogen) atoms. The second-order valence-corrected chi connectivity index (χ2v) is 6.37. The van der Waals surface area contributed by atoms with Gasteiger partial charge in [-0.15, -0.1) is 0 Å². The monoisotopic (exact) mass is 233 g/mol. The summed E-state index contributed by atoms with van der Waals surface area (Å²) in [4.78, 5) is 0. The van der Waals surface area contributed by atoms with Gasteiger partial charge < -0.3 is 0 Å². The van der Waals surface area contributed by atoms with E-state index in [-0.39, 0.29) is 5.41 Å². The van der Waals surface area contributed by atoms with Crippen molar-refractivity contribution < 1.29 is 0 Å². The summed E-state index contributed by atoms with van der Waals surface area (Å²) >= 11 is 0. The lowest BCUT2D eigenvalue weighted by Crippen LogP contribution is -2.25. The van der Waals surface area contributed by atoms with Gasteiger partial charge in [0.25, 0.3) is 0 Å². The second kappa shape index (κ2) is 5.89. The fourth-order valence-electron chi connectivity index (χ4n) is 4.16. The molecule has 2 aliphatic carbocycles. The molecule has 2 aliphatic rings. The van der Waals surface area contributed by atoms with Crippen LogP contribution in [0.25, 0.3) is 0 Å². The normalized spacial score (nSPS) is 35.1. The van der Waals surface area contributed by atoms with E-state index in [1.54, 1.807) is 0 Å². The Balaban J connectivity index is 1.69. The van der Waals surface area contributed by atoms with Crippen LogP contribution in [0.2, 0.25) is 0 Å². The number of nitrogens with zero attached hydrogens (tertiary/aromatic N) is 1. The number of rotatable bonds is 7. The van der Waals surface area contributed by atoms with E-state index in [9.17, 15) is 5.26 Å². The van der Waals surface area contributed by atoms with E-state index < -0.39 is 0 Å². The minimum Gasteiger partial charge on any atom is -0.198 e. The first-order chi connectivity index (χ1) is 8.30. The summed E-state index contributed by atoms with van der Waals surface area (Å²) in [7, 11) is 0. The molecule has 0 aromatic carbocycles. The Bertz CT molecular complexity index is 278. The molecule has 0 heterocycles. The number of nitriles is 1. The summed E-state index contributed by atoms with van der Waals surface area (Å²) in [6.07, 6.45) is 14.6. The number of fused-ring (bicyclic) bond motifs is 2. The molecule has 0 saturated heterocycles. The maximum absolute atomic E-state index is 9.53. The molecule has 2 rings (SSSR count). The van der Waals surface area contributed by atoms with E-state index >= 15 is 0 Å². The average molecular weight is 233 g/mol. The van der Waals surface area contributed by atoms with Gasteiger partial charge in [0.1, 0.15) is 0 Å². The zero-order valence-corrected chi connectivity index (χ0v) is 11.4. The highest BCUT2D eigenvalue weighted by Gasteiger charge is 2.50. The van der Waals surface area contributed by atoms with E-state index in [0.717, 1.165) is 11.8 Å². The molecule has 96 valence electrons. The lowest BCUT2D eigenvalue weighted by atomic mass is 9.71. The summed E-state index contributed by atoms with van der Waals surface area (Å²) in [5.74, 6) is 1.66. The van der Waals surface area contributed by atoms with E-state index in [1.165, 1.54) is 70.6 Å². The van der Waals surface area contributed by atoms with Gasteiger partial charge in [-0.3, -0.25) is 0 Å². The molecule has 0 aromatic heterocycles. The van der Waals surface area contributed by atoms with Gasteiger partial charge in [-0.05, 0) is 37.5 Å². The average Bonchev–Trinajstić information content (AvgIpc) is 2.94. The van der Waals surface area contributed by atoms with Crippen LogP contribution >= 0.6 is 0 Å². The van der Waals surface area contributed by atoms with Gasteiger partial charge in [-0.2, -0.15) is 5.26 Å². The molecule has 0 radical (unpaired) electrons. The van der Waals surface area contributed by atoms with Crippen LogP contribution in [-0.2, 0) is 0 Å². The quantitative estimate of drug-likeness (QED) is 0.563. The van der Waals surface area contributed by atoms with Crippen LogP contribution in [0.3, 0.4) is 0 Å².